The van der Waals surface area contributed by atoms with Crippen LogP contribution in [-0.4, -0.2) is 29.8 Å². The highest BCUT2D eigenvalue weighted by molar-refractivity contribution is 5.79. The largest absolute Gasteiger partial charge is 0.480 e. The van der Waals surface area contributed by atoms with Gasteiger partial charge in [-0.3, -0.25) is 0 Å². The number of carboxylic acid groups (broad SMARTS) is 1. The number of amides is 1. The number of hydrogen-bond acceptors (Lipinski definition) is 3. The first-order valence-corrected chi connectivity index (χ1v) is 4.49. The molecule has 2 N–H and O–H groups in total. The van der Waals surface area contributed by atoms with Crippen molar-refractivity contribution >= 4 is 12.1 Å². The molecule has 1 amide bonds. The van der Waals surface area contributed by atoms with Gasteiger partial charge in [-0.15, -0.1) is 6.58 Å². The Balaban J connectivity index is 4.03. The van der Waals surface area contributed by atoms with E-state index in [1.807, 2.05) is 0 Å². The minimum atomic E-state index is -1.09. The Labute approximate surface area is 88.4 Å². The van der Waals surface area contributed by atoms with Crippen LogP contribution in [0.2, 0.25) is 0 Å². The Morgan fingerprint density at radius 2 is 2.07 bits per heavy atom. The number of carboxylic acids is 1. The van der Waals surface area contributed by atoms with Crippen LogP contribution < -0.4 is 5.32 Å². The van der Waals surface area contributed by atoms with Crippen LogP contribution in [0.5, 0.6) is 0 Å². The predicted octanol–water partition coefficient (Wildman–Crippen LogP) is 1.32. The van der Waals surface area contributed by atoms with Crippen molar-refractivity contribution in [1.82, 2.24) is 5.32 Å². The maximum Gasteiger partial charge on any atom is 0.408 e. The van der Waals surface area contributed by atoms with Gasteiger partial charge in [0.25, 0.3) is 0 Å². The molecule has 0 rings (SSSR count). The molecule has 0 fully saturated rings. The highest BCUT2D eigenvalue weighted by Crippen LogP contribution is 1.98. The summed E-state index contributed by atoms with van der Waals surface area (Å²) in [7, 11) is 0. The summed E-state index contributed by atoms with van der Waals surface area (Å²) in [5, 5.41) is 11.0. The second kappa shape index (κ2) is 7.61. The molecule has 0 radical (unpaired) electrons. The molecule has 0 spiro atoms. The van der Waals surface area contributed by atoms with Crippen LogP contribution in [0.15, 0.2) is 25.3 Å². The molecule has 1 atom stereocenters. The van der Waals surface area contributed by atoms with Crippen molar-refractivity contribution in [3.8, 4) is 0 Å². The van der Waals surface area contributed by atoms with Crippen molar-refractivity contribution in [3.63, 3.8) is 0 Å². The van der Waals surface area contributed by atoms with Gasteiger partial charge in [-0.05, 0) is 12.8 Å². The molecule has 0 heterocycles. The van der Waals surface area contributed by atoms with Gasteiger partial charge in [0.05, 0.1) is 0 Å². The van der Waals surface area contributed by atoms with Crippen LogP contribution in [0.3, 0.4) is 0 Å². The summed E-state index contributed by atoms with van der Waals surface area (Å²) in [6, 6.07) is -0.944. The number of alkyl carbamates (subject to hydrolysis) is 1. The summed E-state index contributed by atoms with van der Waals surface area (Å²) in [5.41, 5.74) is 0. The molecule has 15 heavy (non-hydrogen) atoms. The Hall–Kier alpha value is -1.78. The van der Waals surface area contributed by atoms with Gasteiger partial charge < -0.3 is 15.2 Å². The monoisotopic (exact) mass is 213 g/mol. The molecule has 0 aromatic heterocycles. The lowest BCUT2D eigenvalue weighted by atomic mass is 10.1. The summed E-state index contributed by atoms with van der Waals surface area (Å²) in [6.07, 6.45) is 3.04. The van der Waals surface area contributed by atoms with Crippen LogP contribution in [0.25, 0.3) is 0 Å². The molecule has 0 unspecified atom stereocenters. The van der Waals surface area contributed by atoms with E-state index in [1.165, 1.54) is 6.08 Å². The summed E-state index contributed by atoms with van der Waals surface area (Å²) < 4.78 is 4.59. The first-order chi connectivity index (χ1) is 7.11. The lowest BCUT2D eigenvalue weighted by Crippen LogP contribution is -2.40. The van der Waals surface area contributed by atoms with Gasteiger partial charge in [-0.25, -0.2) is 9.59 Å². The molecule has 0 aliphatic heterocycles. The number of carbonyl (C=O) groups excluding carboxylic acids is 1. The van der Waals surface area contributed by atoms with E-state index in [0.29, 0.717) is 12.8 Å². The molecule has 0 bridgehead atoms. The van der Waals surface area contributed by atoms with Crippen molar-refractivity contribution in [2.24, 2.45) is 0 Å². The quantitative estimate of drug-likeness (QED) is 0.625. The van der Waals surface area contributed by atoms with E-state index >= 15 is 0 Å². The Morgan fingerprint density at radius 3 is 2.53 bits per heavy atom. The Morgan fingerprint density at radius 1 is 1.40 bits per heavy atom. The van der Waals surface area contributed by atoms with Crippen molar-refractivity contribution in [3.05, 3.63) is 25.3 Å². The molecule has 0 aromatic carbocycles. The second-order valence-corrected chi connectivity index (χ2v) is 2.79. The standard InChI is InChI=1S/C10H15NO4/c1-3-5-6-8(9(12)13)11-10(14)15-7-4-2/h3-4,8H,1-2,5-7H2,(H,11,14)(H,12,13)/t8-/m0/s1. The number of aliphatic carboxylic acids is 1. The Kier molecular flexibility index (Phi) is 6.70. The highest BCUT2D eigenvalue weighted by Gasteiger charge is 2.19. The molecule has 5 heteroatoms. The lowest BCUT2D eigenvalue weighted by molar-refractivity contribution is -0.139. The van der Waals surface area contributed by atoms with Crippen molar-refractivity contribution in [2.75, 3.05) is 6.61 Å². The van der Waals surface area contributed by atoms with E-state index in [9.17, 15) is 9.59 Å². The smallest absolute Gasteiger partial charge is 0.408 e. The van der Waals surface area contributed by atoms with Gasteiger partial charge in [-0.2, -0.15) is 0 Å². The normalized spacial score (nSPS) is 11.2. The van der Waals surface area contributed by atoms with Crippen LogP contribution >= 0.6 is 0 Å². The molecule has 0 saturated carbocycles. The van der Waals surface area contributed by atoms with E-state index in [-0.39, 0.29) is 6.61 Å². The van der Waals surface area contributed by atoms with E-state index < -0.39 is 18.1 Å². The molecule has 0 aromatic rings. The molecular formula is C10H15NO4. The van der Waals surface area contributed by atoms with Crippen LogP contribution in [-0.2, 0) is 9.53 Å². The summed E-state index contributed by atoms with van der Waals surface area (Å²) in [4.78, 5) is 21.7. The highest BCUT2D eigenvalue weighted by atomic mass is 16.5. The zero-order valence-corrected chi connectivity index (χ0v) is 8.44. The van der Waals surface area contributed by atoms with E-state index in [1.54, 1.807) is 6.08 Å². The van der Waals surface area contributed by atoms with Gasteiger partial charge >= 0.3 is 12.1 Å². The summed E-state index contributed by atoms with van der Waals surface area (Å²) in [6.45, 7) is 6.89. The minimum absolute atomic E-state index is 0.0552. The summed E-state index contributed by atoms with van der Waals surface area (Å²) in [5.74, 6) is -1.09. The number of rotatable bonds is 7. The number of hydrogen-bond donors (Lipinski definition) is 2. The zero-order chi connectivity index (χ0) is 11.7. The molecule has 0 aliphatic carbocycles. The Bertz CT molecular complexity index is 250. The van der Waals surface area contributed by atoms with Gasteiger partial charge in [0, 0.05) is 0 Å². The average molecular weight is 213 g/mol. The maximum absolute atomic E-state index is 11.0. The fraction of sp³-hybridized carbons (Fsp3) is 0.400. The molecule has 84 valence electrons. The molecule has 5 nitrogen and oxygen atoms in total. The minimum Gasteiger partial charge on any atom is -0.480 e. The molecular weight excluding hydrogens is 198 g/mol. The second-order valence-electron chi connectivity index (χ2n) is 2.79. The fourth-order valence-corrected chi connectivity index (χ4v) is 0.860. The van der Waals surface area contributed by atoms with E-state index in [0.717, 1.165) is 0 Å². The fourth-order valence-electron chi connectivity index (χ4n) is 0.860. The van der Waals surface area contributed by atoms with Crippen LogP contribution in [0, 0.1) is 0 Å². The number of nitrogens with one attached hydrogen (secondary N) is 1. The van der Waals surface area contributed by atoms with Gasteiger partial charge in [-0.1, -0.05) is 18.7 Å². The van der Waals surface area contributed by atoms with E-state index in [2.05, 4.69) is 23.2 Å². The number of allylic oxidation sites excluding steroid dienone is 1. The first kappa shape index (κ1) is 13.2. The predicted molar refractivity (Wildman–Crippen MR) is 55.5 cm³/mol. The zero-order valence-electron chi connectivity index (χ0n) is 8.44. The van der Waals surface area contributed by atoms with Gasteiger partial charge in [0.15, 0.2) is 0 Å². The van der Waals surface area contributed by atoms with E-state index in [4.69, 9.17) is 5.11 Å². The average Bonchev–Trinajstić information content (AvgIpc) is 2.20. The molecule has 0 saturated heterocycles. The van der Waals surface area contributed by atoms with Crippen molar-refractivity contribution < 1.29 is 19.4 Å². The maximum atomic E-state index is 11.0. The van der Waals surface area contributed by atoms with Crippen LogP contribution in [0.1, 0.15) is 12.8 Å². The third kappa shape index (κ3) is 6.31. The number of carbonyl (C=O) groups is 2. The SMILES string of the molecule is C=CCC[C@H](NC(=O)OCC=C)C(=O)O. The number of ether oxygens (including phenoxy) is 1. The van der Waals surface area contributed by atoms with Gasteiger partial charge in [0.1, 0.15) is 12.6 Å². The van der Waals surface area contributed by atoms with Crippen LogP contribution in [0.4, 0.5) is 4.79 Å². The topological polar surface area (TPSA) is 75.6 Å². The third-order valence-corrected chi connectivity index (χ3v) is 1.58. The van der Waals surface area contributed by atoms with Gasteiger partial charge in [0.2, 0.25) is 0 Å². The van der Waals surface area contributed by atoms with Crippen molar-refractivity contribution in [1.29, 1.82) is 0 Å². The lowest BCUT2D eigenvalue weighted by Gasteiger charge is -2.12. The summed E-state index contributed by atoms with van der Waals surface area (Å²) >= 11 is 0. The van der Waals surface area contributed by atoms with Crippen molar-refractivity contribution in [2.45, 2.75) is 18.9 Å². The molecule has 0 aliphatic rings. The third-order valence-electron chi connectivity index (χ3n) is 1.58. The first-order valence-electron chi connectivity index (χ1n) is 4.49.